The largest absolute Gasteiger partial charge is 0.394 e. The minimum absolute atomic E-state index is 0.0737. The van der Waals surface area contributed by atoms with Crippen molar-refractivity contribution in [1.29, 1.82) is 0 Å². The number of halogens is 3. The number of benzene rings is 1. The molecule has 1 aromatic heterocycles. The number of aliphatic hydroxyl groups is 1. The molecule has 0 unspecified atom stereocenters. The van der Waals surface area contributed by atoms with Crippen LogP contribution in [0.4, 0.5) is 18.9 Å². The summed E-state index contributed by atoms with van der Waals surface area (Å²) >= 11 is 0. The second-order valence-electron chi connectivity index (χ2n) is 8.90. The summed E-state index contributed by atoms with van der Waals surface area (Å²) in [6.07, 6.45) is -0.345. The number of Topliss-reactive ketones (excluding diaryl/α,β-unsaturated/α-hetero) is 1. The first-order valence-corrected chi connectivity index (χ1v) is 10.6. The Balaban J connectivity index is 1.60. The van der Waals surface area contributed by atoms with Gasteiger partial charge >= 0.3 is 0 Å². The zero-order chi connectivity index (χ0) is 24.1. The lowest BCUT2D eigenvalue weighted by Gasteiger charge is -2.46. The molecule has 2 aromatic rings. The number of aryl methyl sites for hydroxylation is 1. The average Bonchev–Trinajstić information content (AvgIpc) is 3.27. The van der Waals surface area contributed by atoms with Crippen molar-refractivity contribution in [3.05, 3.63) is 52.1 Å². The Kier molecular flexibility index (Phi) is 5.60. The maximum absolute atomic E-state index is 13.5. The second-order valence-corrected chi connectivity index (χ2v) is 8.90. The van der Waals surface area contributed by atoms with Crippen molar-refractivity contribution in [1.82, 2.24) is 9.88 Å². The highest BCUT2D eigenvalue weighted by molar-refractivity contribution is 6.44. The number of aliphatic hydroxyl groups excluding tert-OH is 1. The number of ketones is 1. The van der Waals surface area contributed by atoms with Gasteiger partial charge in [-0.25, -0.2) is 13.2 Å². The Morgan fingerprint density at radius 2 is 1.88 bits per heavy atom. The number of rotatable bonds is 6. The molecule has 0 spiro atoms. The molecule has 2 amide bonds. The fraction of sp³-hybridized carbons (Fsp3) is 0.435. The van der Waals surface area contributed by atoms with E-state index in [1.165, 1.54) is 18.2 Å². The van der Waals surface area contributed by atoms with Crippen molar-refractivity contribution in [2.75, 3.05) is 11.9 Å². The van der Waals surface area contributed by atoms with Crippen LogP contribution in [0.3, 0.4) is 0 Å². The molecule has 33 heavy (non-hydrogen) atoms. The summed E-state index contributed by atoms with van der Waals surface area (Å²) in [5.41, 5.74) is 0.332. The van der Waals surface area contributed by atoms with Crippen LogP contribution in [0.2, 0.25) is 0 Å². The van der Waals surface area contributed by atoms with Gasteiger partial charge in [-0.2, -0.15) is 0 Å². The molecule has 0 saturated heterocycles. The van der Waals surface area contributed by atoms with E-state index < -0.39 is 54.3 Å². The van der Waals surface area contributed by atoms with Crippen molar-refractivity contribution in [2.24, 2.45) is 0 Å². The molecule has 0 bridgehead atoms. The number of aromatic nitrogens is 1. The first-order chi connectivity index (χ1) is 15.5. The molecular weight excluding hydrogens is 439 g/mol. The zero-order valence-corrected chi connectivity index (χ0v) is 18.2. The number of hydrogen-bond acceptors (Lipinski definition) is 4. The third-order valence-electron chi connectivity index (χ3n) is 6.35. The van der Waals surface area contributed by atoms with E-state index >= 15 is 0 Å². The number of carbonyl (C=O) groups excluding carboxylic acids is 3. The molecule has 1 aromatic carbocycles. The second kappa shape index (κ2) is 8.02. The van der Waals surface area contributed by atoms with Gasteiger partial charge < -0.3 is 20.3 Å². The standard InChI is InChI=1S/C23H24F3N3O4/c1-12-8-14(5-6-15(12)24)27-20(32)18-13(2)17(16-4-3-7-29(16)18)19(31)21(33)28-22(11-30)9-23(25,26)10-22/h5-6,8,30H,3-4,7,9-11H2,1-2H3,(H,27,32)(H,28,33). The van der Waals surface area contributed by atoms with Gasteiger partial charge in [-0.3, -0.25) is 14.4 Å². The van der Waals surface area contributed by atoms with E-state index in [9.17, 15) is 32.7 Å². The average molecular weight is 463 g/mol. The first kappa shape index (κ1) is 23.0. The van der Waals surface area contributed by atoms with Crippen LogP contribution < -0.4 is 10.6 Å². The minimum atomic E-state index is -3.00. The summed E-state index contributed by atoms with van der Waals surface area (Å²) in [5, 5.41) is 14.5. The Hall–Kier alpha value is -3.14. The highest BCUT2D eigenvalue weighted by atomic mass is 19.3. The molecule has 1 aliphatic carbocycles. The van der Waals surface area contributed by atoms with Crippen LogP contribution in [0.1, 0.15) is 56.9 Å². The Bertz CT molecular complexity index is 1160. The number of carbonyl (C=O) groups is 3. The summed E-state index contributed by atoms with van der Waals surface area (Å²) in [6.45, 7) is 2.88. The van der Waals surface area contributed by atoms with Gasteiger partial charge in [0.15, 0.2) is 0 Å². The van der Waals surface area contributed by atoms with Gasteiger partial charge in [0.05, 0.1) is 17.7 Å². The van der Waals surface area contributed by atoms with E-state index in [1.807, 2.05) is 0 Å². The number of fused-ring (bicyclic) bond motifs is 1. The molecule has 7 nitrogen and oxygen atoms in total. The molecule has 0 atom stereocenters. The molecule has 176 valence electrons. The van der Waals surface area contributed by atoms with Gasteiger partial charge in [0.1, 0.15) is 11.5 Å². The smallest absolute Gasteiger partial charge is 0.292 e. The van der Waals surface area contributed by atoms with Gasteiger partial charge in [-0.05, 0) is 56.0 Å². The zero-order valence-electron chi connectivity index (χ0n) is 18.2. The van der Waals surface area contributed by atoms with Crippen molar-refractivity contribution in [3.8, 4) is 0 Å². The van der Waals surface area contributed by atoms with Crippen LogP contribution in [-0.2, 0) is 17.8 Å². The van der Waals surface area contributed by atoms with Crippen LogP contribution >= 0.6 is 0 Å². The predicted molar refractivity (Wildman–Crippen MR) is 113 cm³/mol. The maximum atomic E-state index is 13.5. The van der Waals surface area contributed by atoms with Crippen LogP contribution in [0, 0.1) is 19.7 Å². The number of anilines is 1. The topological polar surface area (TPSA) is 100 Å². The van der Waals surface area contributed by atoms with Crippen molar-refractivity contribution >= 4 is 23.3 Å². The van der Waals surface area contributed by atoms with E-state index in [-0.39, 0.29) is 11.3 Å². The lowest BCUT2D eigenvalue weighted by atomic mass is 9.73. The molecule has 1 aliphatic heterocycles. The fourth-order valence-corrected chi connectivity index (χ4v) is 4.81. The summed E-state index contributed by atoms with van der Waals surface area (Å²) < 4.78 is 41.9. The number of hydrogen-bond donors (Lipinski definition) is 3. The van der Waals surface area contributed by atoms with Gasteiger partial charge in [0.25, 0.3) is 23.5 Å². The minimum Gasteiger partial charge on any atom is -0.394 e. The number of nitrogens with one attached hydrogen (secondary N) is 2. The molecular formula is C23H24F3N3O4. The van der Waals surface area contributed by atoms with Gasteiger partial charge in [-0.1, -0.05) is 0 Å². The summed E-state index contributed by atoms with van der Waals surface area (Å²) in [6, 6.07) is 4.14. The quantitative estimate of drug-likeness (QED) is 0.453. The van der Waals surface area contributed by atoms with Gasteiger partial charge in [0, 0.05) is 30.8 Å². The Morgan fingerprint density at radius 1 is 1.18 bits per heavy atom. The monoisotopic (exact) mass is 463 g/mol. The van der Waals surface area contributed by atoms with E-state index in [0.717, 1.165) is 0 Å². The van der Waals surface area contributed by atoms with E-state index in [1.54, 1.807) is 18.4 Å². The molecule has 2 heterocycles. The highest BCUT2D eigenvalue weighted by Gasteiger charge is 2.57. The number of amides is 2. The number of nitrogens with zero attached hydrogens (tertiary/aromatic N) is 1. The lowest BCUT2D eigenvalue weighted by molar-refractivity contribution is -0.154. The molecule has 2 aliphatic rings. The summed E-state index contributed by atoms with van der Waals surface area (Å²) in [7, 11) is 0. The molecule has 4 rings (SSSR count). The van der Waals surface area contributed by atoms with Crippen molar-refractivity contribution in [3.63, 3.8) is 0 Å². The van der Waals surface area contributed by atoms with E-state index in [0.29, 0.717) is 41.9 Å². The van der Waals surface area contributed by atoms with Crippen LogP contribution in [0.15, 0.2) is 18.2 Å². The Labute approximate surface area is 188 Å². The highest BCUT2D eigenvalue weighted by Crippen LogP contribution is 2.45. The maximum Gasteiger partial charge on any atom is 0.292 e. The summed E-state index contributed by atoms with van der Waals surface area (Å²) in [5.74, 6) is -5.94. The van der Waals surface area contributed by atoms with E-state index in [4.69, 9.17) is 0 Å². The predicted octanol–water partition coefficient (Wildman–Crippen LogP) is 2.90. The van der Waals surface area contributed by atoms with Crippen LogP contribution in [-0.4, -0.2) is 45.3 Å². The Morgan fingerprint density at radius 3 is 2.48 bits per heavy atom. The van der Waals surface area contributed by atoms with E-state index in [2.05, 4.69) is 10.6 Å². The molecule has 3 N–H and O–H groups in total. The fourth-order valence-electron chi connectivity index (χ4n) is 4.81. The molecule has 10 heteroatoms. The van der Waals surface area contributed by atoms with Crippen LogP contribution in [0.25, 0.3) is 0 Å². The molecule has 0 radical (unpaired) electrons. The molecule has 1 fully saturated rings. The van der Waals surface area contributed by atoms with Crippen molar-refractivity contribution < 1.29 is 32.7 Å². The third kappa shape index (κ3) is 4.03. The molecule has 1 saturated carbocycles. The van der Waals surface area contributed by atoms with Crippen LogP contribution in [0.5, 0.6) is 0 Å². The third-order valence-corrected chi connectivity index (χ3v) is 6.35. The van der Waals surface area contributed by atoms with Crippen molar-refractivity contribution in [2.45, 2.75) is 57.5 Å². The first-order valence-electron chi connectivity index (χ1n) is 10.6. The van der Waals surface area contributed by atoms with Gasteiger partial charge in [0.2, 0.25) is 0 Å². The number of alkyl halides is 2. The summed E-state index contributed by atoms with van der Waals surface area (Å²) in [4.78, 5) is 38.7. The SMILES string of the molecule is Cc1cc(NC(=O)c2c(C)c(C(=O)C(=O)NC3(CO)CC(F)(F)C3)c3n2CCC3)ccc1F. The normalized spacial score (nSPS) is 17.8. The lowest BCUT2D eigenvalue weighted by Crippen LogP contribution is -2.65. The van der Waals surface area contributed by atoms with Gasteiger partial charge in [-0.15, -0.1) is 0 Å².